The molecule has 3 aromatic heterocycles. The van der Waals surface area contributed by atoms with E-state index in [1.807, 2.05) is 6.07 Å². The number of carbonyl (C=O) groups is 1. The Morgan fingerprint density at radius 1 is 1.17 bits per heavy atom. The second-order valence-electron chi connectivity index (χ2n) is 6.67. The summed E-state index contributed by atoms with van der Waals surface area (Å²) >= 11 is 6.17. The maximum Gasteiger partial charge on any atom is 0.417 e. The number of rotatable bonds is 3. The van der Waals surface area contributed by atoms with Crippen molar-refractivity contribution < 1.29 is 22.7 Å². The van der Waals surface area contributed by atoms with E-state index in [2.05, 4.69) is 9.97 Å². The van der Waals surface area contributed by atoms with Gasteiger partial charge in [-0.3, -0.25) is 9.20 Å². The Bertz CT molecular complexity index is 1030. The number of pyridine rings is 2. The van der Waals surface area contributed by atoms with Gasteiger partial charge in [0.2, 0.25) is 5.88 Å². The molecule has 0 N–H and O–H groups in total. The van der Waals surface area contributed by atoms with Gasteiger partial charge in [0.05, 0.1) is 5.56 Å². The molecule has 10 heteroatoms. The Labute approximate surface area is 168 Å². The van der Waals surface area contributed by atoms with Gasteiger partial charge in [-0.15, -0.1) is 0 Å². The van der Waals surface area contributed by atoms with Crippen molar-refractivity contribution >= 4 is 23.2 Å². The van der Waals surface area contributed by atoms with Crippen molar-refractivity contribution in [2.75, 3.05) is 13.1 Å². The van der Waals surface area contributed by atoms with Crippen LogP contribution in [-0.4, -0.2) is 44.4 Å². The van der Waals surface area contributed by atoms with Crippen LogP contribution in [0.3, 0.4) is 0 Å². The van der Waals surface area contributed by atoms with Crippen molar-refractivity contribution in [1.82, 2.24) is 19.3 Å². The molecule has 3 aromatic rings. The zero-order valence-corrected chi connectivity index (χ0v) is 15.8. The topological polar surface area (TPSA) is 59.7 Å². The molecule has 1 aliphatic rings. The lowest BCUT2D eigenvalue weighted by molar-refractivity contribution is -0.137. The molecule has 0 atom stereocenters. The van der Waals surface area contributed by atoms with E-state index in [0.29, 0.717) is 37.3 Å². The van der Waals surface area contributed by atoms with Gasteiger partial charge in [0.1, 0.15) is 11.8 Å². The number of piperidine rings is 1. The molecule has 4 heterocycles. The number of alkyl halides is 3. The van der Waals surface area contributed by atoms with Gasteiger partial charge in [0.25, 0.3) is 5.91 Å². The van der Waals surface area contributed by atoms with Crippen molar-refractivity contribution in [3.63, 3.8) is 0 Å². The molecule has 0 saturated carbocycles. The highest BCUT2D eigenvalue weighted by Crippen LogP contribution is 2.30. The smallest absolute Gasteiger partial charge is 0.417 e. The van der Waals surface area contributed by atoms with Gasteiger partial charge < -0.3 is 9.64 Å². The molecule has 0 spiro atoms. The Balaban J connectivity index is 1.39. The lowest BCUT2D eigenvalue weighted by Gasteiger charge is -2.31. The molecule has 1 aliphatic heterocycles. The van der Waals surface area contributed by atoms with Gasteiger partial charge in [-0.2, -0.15) is 13.2 Å². The van der Waals surface area contributed by atoms with Gasteiger partial charge in [-0.25, -0.2) is 9.97 Å². The summed E-state index contributed by atoms with van der Waals surface area (Å²) in [7, 11) is 0. The van der Waals surface area contributed by atoms with E-state index in [1.54, 1.807) is 27.6 Å². The summed E-state index contributed by atoms with van der Waals surface area (Å²) < 4.78 is 45.1. The molecule has 0 aromatic carbocycles. The summed E-state index contributed by atoms with van der Waals surface area (Å²) in [6.07, 6.45) is -1.13. The number of halogens is 4. The molecule has 1 amide bonds. The van der Waals surface area contributed by atoms with Crippen LogP contribution in [0.1, 0.15) is 28.9 Å². The van der Waals surface area contributed by atoms with Crippen LogP contribution in [0.4, 0.5) is 13.2 Å². The molecule has 4 rings (SSSR count). The summed E-state index contributed by atoms with van der Waals surface area (Å²) in [4.78, 5) is 22.5. The van der Waals surface area contributed by atoms with E-state index in [1.165, 1.54) is 6.07 Å². The number of imidazole rings is 1. The first-order valence-electron chi connectivity index (χ1n) is 8.94. The summed E-state index contributed by atoms with van der Waals surface area (Å²) in [5.74, 6) is -0.0904. The number of ether oxygens (including phenoxy) is 1. The average Bonchev–Trinajstić information content (AvgIpc) is 3.03. The predicted molar refractivity (Wildman–Crippen MR) is 99.0 cm³/mol. The van der Waals surface area contributed by atoms with Crippen LogP contribution >= 0.6 is 11.6 Å². The second kappa shape index (κ2) is 7.55. The van der Waals surface area contributed by atoms with Crippen molar-refractivity contribution in [2.45, 2.75) is 25.1 Å². The molecule has 152 valence electrons. The number of hydrogen-bond donors (Lipinski definition) is 0. The predicted octanol–water partition coefficient (Wildman–Crippen LogP) is 4.09. The summed E-state index contributed by atoms with van der Waals surface area (Å²) in [6.45, 7) is 0.862. The minimum Gasteiger partial charge on any atom is -0.474 e. The number of amides is 1. The number of fused-ring (bicyclic) bond motifs is 1. The fraction of sp³-hybridized carbons (Fsp3) is 0.316. The summed E-state index contributed by atoms with van der Waals surface area (Å²) in [6, 6.07) is 7.51. The van der Waals surface area contributed by atoms with Crippen LogP contribution in [0, 0.1) is 0 Å². The van der Waals surface area contributed by atoms with Crippen LogP contribution in [0.25, 0.3) is 5.65 Å². The first-order chi connectivity index (χ1) is 13.8. The third-order valence-corrected chi connectivity index (χ3v) is 5.03. The van der Waals surface area contributed by atoms with Crippen LogP contribution in [0.5, 0.6) is 5.88 Å². The molecule has 0 aliphatic carbocycles. The zero-order valence-electron chi connectivity index (χ0n) is 15.1. The standard InChI is InChI=1S/C19H16ClF3N4O2/c20-17-16(27-8-2-1-3-14(27)25-17)18(28)26-9-6-13(7-10-26)29-15-5-4-12(11-24-15)19(21,22)23/h1-5,8,11,13H,6-7,9-10H2. The Morgan fingerprint density at radius 2 is 1.93 bits per heavy atom. The molecule has 0 unspecified atom stereocenters. The fourth-order valence-corrected chi connectivity index (χ4v) is 3.53. The van der Waals surface area contributed by atoms with E-state index >= 15 is 0 Å². The monoisotopic (exact) mass is 424 g/mol. The minimum atomic E-state index is -4.43. The van der Waals surface area contributed by atoms with Gasteiger partial charge in [-0.1, -0.05) is 17.7 Å². The second-order valence-corrected chi connectivity index (χ2v) is 7.03. The SMILES string of the molecule is O=C(c1c(Cl)nc2ccccn12)N1CCC(Oc2ccc(C(F)(F)F)cn2)CC1. The van der Waals surface area contributed by atoms with Crippen LogP contribution in [0.15, 0.2) is 42.7 Å². The van der Waals surface area contributed by atoms with Crippen LogP contribution in [0.2, 0.25) is 5.15 Å². The van der Waals surface area contributed by atoms with Gasteiger partial charge in [0.15, 0.2) is 10.8 Å². The Hall–Kier alpha value is -2.81. The van der Waals surface area contributed by atoms with Crippen LogP contribution in [-0.2, 0) is 6.18 Å². The Morgan fingerprint density at radius 3 is 2.59 bits per heavy atom. The maximum absolute atomic E-state index is 12.9. The van der Waals surface area contributed by atoms with Crippen molar-refractivity contribution in [3.8, 4) is 5.88 Å². The minimum absolute atomic E-state index is 0.132. The number of likely N-dealkylation sites (tertiary alicyclic amines) is 1. The van der Waals surface area contributed by atoms with Gasteiger partial charge >= 0.3 is 6.18 Å². The number of hydrogen-bond acceptors (Lipinski definition) is 4. The number of aromatic nitrogens is 3. The van der Waals surface area contributed by atoms with Crippen LogP contribution < -0.4 is 4.74 Å². The van der Waals surface area contributed by atoms with E-state index in [9.17, 15) is 18.0 Å². The van der Waals surface area contributed by atoms with E-state index in [0.717, 1.165) is 12.3 Å². The molecule has 1 fully saturated rings. The summed E-state index contributed by atoms with van der Waals surface area (Å²) in [5, 5.41) is 0.147. The molecule has 0 radical (unpaired) electrons. The fourth-order valence-electron chi connectivity index (χ4n) is 3.27. The lowest BCUT2D eigenvalue weighted by atomic mass is 10.1. The zero-order chi connectivity index (χ0) is 20.6. The largest absolute Gasteiger partial charge is 0.474 e. The van der Waals surface area contributed by atoms with Gasteiger partial charge in [0, 0.05) is 44.4 Å². The normalized spacial score (nSPS) is 15.7. The van der Waals surface area contributed by atoms with Crippen molar-refractivity contribution in [1.29, 1.82) is 0 Å². The molecule has 0 bridgehead atoms. The average molecular weight is 425 g/mol. The number of carbonyl (C=O) groups excluding carboxylic acids is 1. The lowest BCUT2D eigenvalue weighted by Crippen LogP contribution is -2.42. The Kier molecular flexibility index (Phi) is 5.08. The molecule has 6 nitrogen and oxygen atoms in total. The quantitative estimate of drug-likeness (QED) is 0.635. The van der Waals surface area contributed by atoms with E-state index in [-0.39, 0.29) is 23.0 Å². The third-order valence-electron chi connectivity index (χ3n) is 4.77. The van der Waals surface area contributed by atoms with E-state index in [4.69, 9.17) is 16.3 Å². The van der Waals surface area contributed by atoms with E-state index < -0.39 is 11.7 Å². The molecule has 1 saturated heterocycles. The van der Waals surface area contributed by atoms with Crippen molar-refractivity contribution in [3.05, 3.63) is 59.1 Å². The highest BCUT2D eigenvalue weighted by atomic mass is 35.5. The first kappa shape index (κ1) is 19.5. The summed E-state index contributed by atoms with van der Waals surface area (Å²) in [5.41, 5.74) is 0.0775. The molecular weight excluding hydrogens is 409 g/mol. The third kappa shape index (κ3) is 4.00. The molecule has 29 heavy (non-hydrogen) atoms. The maximum atomic E-state index is 12.9. The molecular formula is C19H16ClF3N4O2. The first-order valence-corrected chi connectivity index (χ1v) is 9.32. The number of nitrogens with zero attached hydrogens (tertiary/aromatic N) is 4. The van der Waals surface area contributed by atoms with Gasteiger partial charge in [-0.05, 0) is 18.2 Å². The highest BCUT2D eigenvalue weighted by Gasteiger charge is 2.31. The van der Waals surface area contributed by atoms with Crippen molar-refractivity contribution in [2.24, 2.45) is 0 Å². The highest BCUT2D eigenvalue weighted by molar-refractivity contribution is 6.32.